The molecule has 0 bridgehead atoms. The fourth-order valence-corrected chi connectivity index (χ4v) is 2.09. The summed E-state index contributed by atoms with van der Waals surface area (Å²) in [5.74, 6) is -0.798. The molecule has 2 rings (SSSR count). The number of nitrogens with one attached hydrogen (secondary N) is 1. The van der Waals surface area contributed by atoms with Crippen molar-refractivity contribution in [2.24, 2.45) is 0 Å². The summed E-state index contributed by atoms with van der Waals surface area (Å²) in [6, 6.07) is 9.85. The number of halogens is 2. The molecular weight excluding hydrogens is 256 g/mol. The lowest BCUT2D eigenvalue weighted by molar-refractivity contribution is 0.535. The van der Waals surface area contributed by atoms with Gasteiger partial charge < -0.3 is 5.32 Å². The van der Waals surface area contributed by atoms with Crippen molar-refractivity contribution in [2.75, 3.05) is 0 Å². The maximum atomic E-state index is 13.5. The van der Waals surface area contributed by atoms with E-state index in [1.807, 2.05) is 6.92 Å². The van der Waals surface area contributed by atoms with Crippen molar-refractivity contribution in [3.8, 4) is 0 Å². The van der Waals surface area contributed by atoms with Crippen LogP contribution < -0.4 is 5.32 Å². The van der Waals surface area contributed by atoms with Crippen LogP contribution in [0, 0.1) is 25.5 Å². The smallest absolute Gasteiger partial charge is 0.127 e. The van der Waals surface area contributed by atoms with Gasteiger partial charge in [-0.2, -0.15) is 0 Å². The molecule has 106 valence electrons. The van der Waals surface area contributed by atoms with Crippen LogP contribution in [0.15, 0.2) is 36.4 Å². The van der Waals surface area contributed by atoms with E-state index in [9.17, 15) is 8.78 Å². The molecule has 0 saturated heterocycles. The third-order valence-corrected chi connectivity index (χ3v) is 3.64. The Morgan fingerprint density at radius 2 is 1.75 bits per heavy atom. The van der Waals surface area contributed by atoms with E-state index in [0.29, 0.717) is 12.1 Å². The molecule has 1 atom stereocenters. The standard InChI is InChI=1S/C17H19F2N/c1-11-4-5-14(8-12(11)2)13(3)20-10-15-9-16(18)6-7-17(15)19/h4-9,13,20H,10H2,1-3H3. The van der Waals surface area contributed by atoms with Gasteiger partial charge >= 0.3 is 0 Å². The fourth-order valence-electron chi connectivity index (χ4n) is 2.09. The summed E-state index contributed by atoms with van der Waals surface area (Å²) in [5, 5.41) is 3.22. The minimum Gasteiger partial charge on any atom is -0.306 e. The molecule has 0 aliphatic heterocycles. The van der Waals surface area contributed by atoms with Crippen molar-refractivity contribution in [1.82, 2.24) is 5.32 Å². The van der Waals surface area contributed by atoms with Crippen LogP contribution >= 0.6 is 0 Å². The van der Waals surface area contributed by atoms with E-state index in [-0.39, 0.29) is 11.9 Å². The normalized spacial score (nSPS) is 12.4. The summed E-state index contributed by atoms with van der Waals surface area (Å²) < 4.78 is 26.6. The highest BCUT2D eigenvalue weighted by molar-refractivity contribution is 5.31. The molecule has 0 aliphatic carbocycles. The highest BCUT2D eigenvalue weighted by Crippen LogP contribution is 2.18. The average Bonchev–Trinajstić information content (AvgIpc) is 2.42. The van der Waals surface area contributed by atoms with Gasteiger partial charge in [-0.15, -0.1) is 0 Å². The van der Waals surface area contributed by atoms with Gasteiger partial charge in [0.25, 0.3) is 0 Å². The second-order valence-corrected chi connectivity index (χ2v) is 5.18. The molecule has 0 spiro atoms. The Morgan fingerprint density at radius 3 is 2.45 bits per heavy atom. The summed E-state index contributed by atoms with van der Waals surface area (Å²) in [4.78, 5) is 0. The van der Waals surface area contributed by atoms with Crippen molar-refractivity contribution in [1.29, 1.82) is 0 Å². The van der Waals surface area contributed by atoms with E-state index in [1.54, 1.807) is 0 Å². The van der Waals surface area contributed by atoms with E-state index < -0.39 is 5.82 Å². The Bertz CT molecular complexity index is 608. The quantitative estimate of drug-likeness (QED) is 0.870. The molecule has 2 aromatic carbocycles. The van der Waals surface area contributed by atoms with Crippen LogP contribution in [0.3, 0.4) is 0 Å². The second-order valence-electron chi connectivity index (χ2n) is 5.18. The van der Waals surface area contributed by atoms with Crippen LogP contribution in [0.2, 0.25) is 0 Å². The van der Waals surface area contributed by atoms with Crippen molar-refractivity contribution < 1.29 is 8.78 Å². The lowest BCUT2D eigenvalue weighted by atomic mass is 10.0. The predicted octanol–water partition coefficient (Wildman–Crippen LogP) is 4.43. The van der Waals surface area contributed by atoms with Gasteiger partial charge in [0.2, 0.25) is 0 Å². The maximum Gasteiger partial charge on any atom is 0.127 e. The first-order valence-electron chi connectivity index (χ1n) is 6.72. The van der Waals surface area contributed by atoms with Crippen LogP contribution in [-0.4, -0.2) is 0 Å². The molecule has 20 heavy (non-hydrogen) atoms. The van der Waals surface area contributed by atoms with Crippen LogP contribution in [0.25, 0.3) is 0 Å². The summed E-state index contributed by atoms with van der Waals surface area (Å²) >= 11 is 0. The van der Waals surface area contributed by atoms with Crippen molar-refractivity contribution >= 4 is 0 Å². The molecule has 0 fully saturated rings. The van der Waals surface area contributed by atoms with Crippen LogP contribution in [-0.2, 0) is 6.54 Å². The monoisotopic (exact) mass is 275 g/mol. The van der Waals surface area contributed by atoms with Gasteiger partial charge in [-0.1, -0.05) is 18.2 Å². The molecule has 0 amide bonds. The van der Waals surface area contributed by atoms with Crippen molar-refractivity contribution in [3.05, 3.63) is 70.3 Å². The lowest BCUT2D eigenvalue weighted by Crippen LogP contribution is -2.19. The zero-order valence-electron chi connectivity index (χ0n) is 12.0. The number of rotatable bonds is 4. The molecule has 0 aliphatic rings. The highest BCUT2D eigenvalue weighted by Gasteiger charge is 2.08. The first-order valence-corrected chi connectivity index (χ1v) is 6.72. The van der Waals surface area contributed by atoms with E-state index in [0.717, 1.165) is 17.7 Å². The molecule has 1 nitrogen and oxygen atoms in total. The molecule has 0 radical (unpaired) electrons. The number of benzene rings is 2. The van der Waals surface area contributed by atoms with Gasteiger partial charge in [-0.3, -0.25) is 0 Å². The van der Waals surface area contributed by atoms with E-state index in [1.165, 1.54) is 17.2 Å². The first-order chi connectivity index (χ1) is 9.47. The van der Waals surface area contributed by atoms with Gasteiger partial charge in [0.1, 0.15) is 11.6 Å². The largest absolute Gasteiger partial charge is 0.306 e. The summed E-state index contributed by atoms with van der Waals surface area (Å²) in [6.07, 6.45) is 0. The lowest BCUT2D eigenvalue weighted by Gasteiger charge is -2.16. The summed E-state index contributed by atoms with van der Waals surface area (Å²) in [7, 11) is 0. The molecule has 0 aromatic heterocycles. The van der Waals surface area contributed by atoms with Gasteiger partial charge in [0, 0.05) is 18.2 Å². The minimum atomic E-state index is -0.415. The summed E-state index contributed by atoms with van der Waals surface area (Å²) in [5.41, 5.74) is 3.97. The molecule has 3 heteroatoms. The predicted molar refractivity (Wildman–Crippen MR) is 77.5 cm³/mol. The Kier molecular flexibility index (Phi) is 4.50. The SMILES string of the molecule is Cc1ccc(C(C)NCc2cc(F)ccc2F)cc1C. The minimum absolute atomic E-state index is 0.0805. The fraction of sp³-hybridized carbons (Fsp3) is 0.294. The van der Waals surface area contributed by atoms with Gasteiger partial charge in [-0.05, 0) is 55.7 Å². The zero-order chi connectivity index (χ0) is 14.7. The van der Waals surface area contributed by atoms with E-state index in [2.05, 4.69) is 37.4 Å². The van der Waals surface area contributed by atoms with Crippen molar-refractivity contribution in [3.63, 3.8) is 0 Å². The third kappa shape index (κ3) is 3.42. The average molecular weight is 275 g/mol. The van der Waals surface area contributed by atoms with Crippen LogP contribution in [0.4, 0.5) is 8.78 Å². The Morgan fingerprint density at radius 1 is 1.00 bits per heavy atom. The van der Waals surface area contributed by atoms with Gasteiger partial charge in [0.15, 0.2) is 0 Å². The van der Waals surface area contributed by atoms with E-state index in [4.69, 9.17) is 0 Å². The number of aryl methyl sites for hydroxylation is 2. The van der Waals surface area contributed by atoms with E-state index >= 15 is 0 Å². The maximum absolute atomic E-state index is 13.5. The molecule has 0 heterocycles. The van der Waals surface area contributed by atoms with Gasteiger partial charge in [0.05, 0.1) is 0 Å². The highest BCUT2D eigenvalue weighted by atomic mass is 19.1. The van der Waals surface area contributed by atoms with Crippen molar-refractivity contribution in [2.45, 2.75) is 33.4 Å². The second kappa shape index (κ2) is 6.14. The Balaban J connectivity index is 2.06. The number of hydrogen-bond acceptors (Lipinski definition) is 1. The molecule has 2 aromatic rings. The molecule has 1 N–H and O–H groups in total. The number of hydrogen-bond donors (Lipinski definition) is 1. The third-order valence-electron chi connectivity index (χ3n) is 3.64. The zero-order valence-corrected chi connectivity index (χ0v) is 12.0. The topological polar surface area (TPSA) is 12.0 Å². The van der Waals surface area contributed by atoms with Crippen LogP contribution in [0.1, 0.15) is 35.2 Å². The summed E-state index contributed by atoms with van der Waals surface area (Å²) in [6.45, 7) is 6.45. The Hall–Kier alpha value is -1.74. The van der Waals surface area contributed by atoms with Crippen LogP contribution in [0.5, 0.6) is 0 Å². The Labute approximate surface area is 118 Å². The molecule has 1 unspecified atom stereocenters. The van der Waals surface area contributed by atoms with Gasteiger partial charge in [-0.25, -0.2) is 8.78 Å². The first kappa shape index (κ1) is 14.7. The molecular formula is C17H19F2N. The molecule has 0 saturated carbocycles.